The topological polar surface area (TPSA) is 17.0 Å². The molecule has 0 atom stereocenters. The summed E-state index contributed by atoms with van der Waals surface area (Å²) >= 11 is 0. The van der Waals surface area contributed by atoms with Gasteiger partial charge in [-0.25, -0.2) is 0 Å². The Morgan fingerprint density at radius 2 is 2.00 bits per heavy atom. The summed E-state index contributed by atoms with van der Waals surface area (Å²) in [6.07, 6.45) is 10.4. The molecule has 0 saturated heterocycles. The summed E-state index contributed by atoms with van der Waals surface area (Å²) in [7, 11) is 0. The number of nitrogens with zero attached hydrogens (tertiary/aromatic N) is 1. The summed E-state index contributed by atoms with van der Waals surface area (Å²) in [5, 5.41) is 3.75. The average molecular weight is 248 g/mol. The number of hydrogen-bond donors (Lipinski definition) is 1. The lowest BCUT2D eigenvalue weighted by molar-refractivity contribution is 0.284. The van der Waals surface area contributed by atoms with Gasteiger partial charge in [-0.3, -0.25) is 0 Å². The highest BCUT2D eigenvalue weighted by atomic mass is 15.0. The highest BCUT2D eigenvalue weighted by Crippen LogP contribution is 2.26. The molecular formula is C16H28N2. The molecule has 0 aromatic carbocycles. The van der Waals surface area contributed by atoms with Gasteiger partial charge >= 0.3 is 0 Å². The molecule has 0 bridgehead atoms. The third kappa shape index (κ3) is 3.61. The summed E-state index contributed by atoms with van der Waals surface area (Å²) in [5.74, 6) is 0.993. The maximum atomic E-state index is 3.75. The fourth-order valence-electron chi connectivity index (χ4n) is 3.09. The second kappa shape index (κ2) is 6.98. The summed E-state index contributed by atoms with van der Waals surface area (Å²) in [5.41, 5.74) is 1.44. The molecule has 1 saturated carbocycles. The normalized spacial score (nSPS) is 24.3. The maximum absolute atomic E-state index is 3.75. The second-order valence-electron chi connectivity index (χ2n) is 5.70. The van der Waals surface area contributed by atoms with E-state index >= 15 is 0 Å². The van der Waals surface area contributed by atoms with Crippen LogP contribution < -0.4 is 5.32 Å². The quantitative estimate of drug-likeness (QED) is 0.806. The van der Waals surface area contributed by atoms with E-state index in [9.17, 15) is 0 Å². The Balaban J connectivity index is 1.76. The smallest absolute Gasteiger partial charge is 0.0361 e. The van der Waals surface area contributed by atoms with E-state index in [0.29, 0.717) is 0 Å². The van der Waals surface area contributed by atoms with E-state index in [4.69, 9.17) is 0 Å². The minimum Gasteiger partial charge on any atom is -0.350 e. The van der Waals surface area contributed by atoms with E-state index in [-0.39, 0.29) is 0 Å². The molecule has 2 nitrogen and oxygen atoms in total. The van der Waals surface area contributed by atoms with Gasteiger partial charge in [-0.1, -0.05) is 20.3 Å². The van der Waals surface area contributed by atoms with Crippen LogP contribution in [0.1, 0.15) is 58.1 Å². The Kier molecular flexibility index (Phi) is 5.30. The van der Waals surface area contributed by atoms with Crippen LogP contribution in [0.25, 0.3) is 0 Å². The minimum absolute atomic E-state index is 0.748. The highest BCUT2D eigenvalue weighted by molar-refractivity contribution is 5.07. The third-order valence-corrected chi connectivity index (χ3v) is 4.38. The van der Waals surface area contributed by atoms with Gasteiger partial charge in [0, 0.05) is 31.0 Å². The van der Waals surface area contributed by atoms with E-state index in [0.717, 1.165) is 25.0 Å². The van der Waals surface area contributed by atoms with Crippen molar-refractivity contribution in [2.24, 2.45) is 5.92 Å². The first kappa shape index (κ1) is 13.7. The number of rotatable bonds is 6. The lowest BCUT2D eigenvalue weighted by Crippen LogP contribution is -2.33. The van der Waals surface area contributed by atoms with Gasteiger partial charge in [-0.2, -0.15) is 0 Å². The van der Waals surface area contributed by atoms with Crippen LogP contribution in [-0.4, -0.2) is 10.6 Å². The second-order valence-corrected chi connectivity index (χ2v) is 5.70. The van der Waals surface area contributed by atoms with Gasteiger partial charge in [-0.05, 0) is 50.2 Å². The first-order chi connectivity index (χ1) is 8.83. The van der Waals surface area contributed by atoms with Crippen molar-refractivity contribution in [1.82, 2.24) is 9.88 Å². The SMILES string of the molecule is CCCn1cccc1CNC1CCC(CC)CC1. The van der Waals surface area contributed by atoms with Gasteiger partial charge in [-0.15, -0.1) is 0 Å². The molecule has 0 amide bonds. The molecular weight excluding hydrogens is 220 g/mol. The van der Waals surface area contributed by atoms with E-state index in [2.05, 4.69) is 42.1 Å². The zero-order valence-electron chi connectivity index (χ0n) is 12.0. The molecule has 18 heavy (non-hydrogen) atoms. The standard InChI is InChI=1S/C16H28N2/c1-3-11-18-12-5-6-16(18)13-17-15-9-7-14(4-2)8-10-15/h5-6,12,14-15,17H,3-4,7-11,13H2,1-2H3. The first-order valence-corrected chi connectivity index (χ1v) is 7.70. The number of aryl methyl sites for hydroxylation is 1. The van der Waals surface area contributed by atoms with E-state index in [1.165, 1.54) is 44.2 Å². The van der Waals surface area contributed by atoms with Gasteiger partial charge in [0.1, 0.15) is 0 Å². The zero-order valence-corrected chi connectivity index (χ0v) is 12.0. The number of hydrogen-bond acceptors (Lipinski definition) is 1. The van der Waals surface area contributed by atoms with Crippen molar-refractivity contribution in [2.75, 3.05) is 0 Å². The Bertz CT molecular complexity index is 335. The van der Waals surface area contributed by atoms with Crippen molar-refractivity contribution in [1.29, 1.82) is 0 Å². The van der Waals surface area contributed by atoms with Crippen molar-refractivity contribution in [2.45, 2.75) is 71.5 Å². The highest BCUT2D eigenvalue weighted by Gasteiger charge is 2.19. The Morgan fingerprint density at radius 3 is 2.67 bits per heavy atom. The summed E-state index contributed by atoms with van der Waals surface area (Å²) < 4.78 is 2.38. The molecule has 2 heteroatoms. The molecule has 1 fully saturated rings. The molecule has 102 valence electrons. The molecule has 1 aliphatic carbocycles. The summed E-state index contributed by atoms with van der Waals surface area (Å²) in [4.78, 5) is 0. The lowest BCUT2D eigenvalue weighted by Gasteiger charge is -2.28. The predicted octanol–water partition coefficient (Wildman–Crippen LogP) is 3.96. The minimum atomic E-state index is 0.748. The van der Waals surface area contributed by atoms with Crippen LogP contribution in [0.2, 0.25) is 0 Å². The van der Waals surface area contributed by atoms with Crippen LogP contribution in [0, 0.1) is 5.92 Å². The largest absolute Gasteiger partial charge is 0.350 e. The summed E-state index contributed by atoms with van der Waals surface area (Å²) in [6.45, 7) is 6.75. The average Bonchev–Trinajstić information content (AvgIpc) is 2.85. The Labute approximate surface area is 112 Å². The molecule has 0 radical (unpaired) electrons. The third-order valence-electron chi connectivity index (χ3n) is 4.38. The lowest BCUT2D eigenvalue weighted by atomic mass is 9.84. The molecule has 1 heterocycles. The predicted molar refractivity (Wildman–Crippen MR) is 77.6 cm³/mol. The molecule has 1 aromatic rings. The van der Waals surface area contributed by atoms with Crippen molar-refractivity contribution < 1.29 is 0 Å². The van der Waals surface area contributed by atoms with Crippen LogP contribution in [0.15, 0.2) is 18.3 Å². The van der Waals surface area contributed by atoms with Crippen molar-refractivity contribution in [3.8, 4) is 0 Å². The van der Waals surface area contributed by atoms with E-state index in [1.54, 1.807) is 0 Å². The molecule has 1 aromatic heterocycles. The molecule has 0 unspecified atom stereocenters. The fourth-order valence-corrected chi connectivity index (χ4v) is 3.09. The van der Waals surface area contributed by atoms with E-state index < -0.39 is 0 Å². The number of aromatic nitrogens is 1. The molecule has 0 spiro atoms. The zero-order chi connectivity index (χ0) is 12.8. The maximum Gasteiger partial charge on any atom is 0.0361 e. The van der Waals surface area contributed by atoms with Crippen LogP contribution >= 0.6 is 0 Å². The van der Waals surface area contributed by atoms with Crippen molar-refractivity contribution >= 4 is 0 Å². The van der Waals surface area contributed by atoms with Crippen molar-refractivity contribution in [3.63, 3.8) is 0 Å². The van der Waals surface area contributed by atoms with Crippen LogP contribution in [0.4, 0.5) is 0 Å². The van der Waals surface area contributed by atoms with Gasteiger partial charge in [0.2, 0.25) is 0 Å². The fraction of sp³-hybridized carbons (Fsp3) is 0.750. The first-order valence-electron chi connectivity index (χ1n) is 7.70. The van der Waals surface area contributed by atoms with Crippen molar-refractivity contribution in [3.05, 3.63) is 24.0 Å². The van der Waals surface area contributed by atoms with Gasteiger partial charge in [0.05, 0.1) is 0 Å². The van der Waals surface area contributed by atoms with Crippen LogP contribution in [-0.2, 0) is 13.1 Å². The monoisotopic (exact) mass is 248 g/mol. The molecule has 1 aliphatic rings. The van der Waals surface area contributed by atoms with Gasteiger partial charge in [0.25, 0.3) is 0 Å². The van der Waals surface area contributed by atoms with Crippen LogP contribution in [0.3, 0.4) is 0 Å². The molecule has 0 aliphatic heterocycles. The van der Waals surface area contributed by atoms with Gasteiger partial charge < -0.3 is 9.88 Å². The summed E-state index contributed by atoms with van der Waals surface area (Å²) in [6, 6.07) is 5.17. The van der Waals surface area contributed by atoms with Crippen LogP contribution in [0.5, 0.6) is 0 Å². The Morgan fingerprint density at radius 1 is 1.22 bits per heavy atom. The molecule has 2 rings (SSSR count). The van der Waals surface area contributed by atoms with Gasteiger partial charge in [0.15, 0.2) is 0 Å². The van der Waals surface area contributed by atoms with E-state index in [1.807, 2.05) is 0 Å². The molecule has 1 N–H and O–H groups in total. The number of nitrogens with one attached hydrogen (secondary N) is 1. The Hall–Kier alpha value is -0.760.